The highest BCUT2D eigenvalue weighted by Crippen LogP contribution is 2.60. The molecule has 4 heteroatoms. The van der Waals surface area contributed by atoms with Crippen molar-refractivity contribution in [3.63, 3.8) is 0 Å². The maximum atomic E-state index is 13.0. The van der Waals surface area contributed by atoms with Crippen molar-refractivity contribution in [1.82, 2.24) is 5.32 Å². The summed E-state index contributed by atoms with van der Waals surface area (Å²) in [5.41, 5.74) is 3.40. The number of ketones is 1. The number of allylic oxidation sites excluding steroid dienone is 2. The lowest BCUT2D eigenvalue weighted by Crippen LogP contribution is -2.50. The van der Waals surface area contributed by atoms with Gasteiger partial charge in [-0.15, -0.1) is 0 Å². The summed E-state index contributed by atoms with van der Waals surface area (Å²) in [7, 11) is 0. The third-order valence-electron chi connectivity index (χ3n) is 5.87. The van der Waals surface area contributed by atoms with Gasteiger partial charge in [-0.3, -0.25) is 4.79 Å². The van der Waals surface area contributed by atoms with Crippen LogP contribution in [0.2, 0.25) is 0 Å². The third-order valence-corrected chi connectivity index (χ3v) is 5.87. The average molecular weight is 285 g/mol. The third kappa shape index (κ3) is 1.65. The molecule has 1 saturated carbocycles. The molecule has 21 heavy (non-hydrogen) atoms. The minimum atomic E-state index is -0.0949. The minimum absolute atomic E-state index is 0.0361. The predicted octanol–water partition coefficient (Wildman–Crippen LogP) is 3.72. The Morgan fingerprint density at radius 3 is 2.86 bits per heavy atom. The first-order valence-corrected chi connectivity index (χ1v) is 8.08. The molecule has 0 bridgehead atoms. The van der Waals surface area contributed by atoms with Crippen molar-refractivity contribution in [2.75, 3.05) is 0 Å². The van der Waals surface area contributed by atoms with E-state index in [0.29, 0.717) is 18.1 Å². The highest BCUT2D eigenvalue weighted by Gasteiger charge is 2.56. The lowest BCUT2D eigenvalue weighted by atomic mass is 9.59. The summed E-state index contributed by atoms with van der Waals surface area (Å²) in [6.07, 6.45) is 6.95. The first-order chi connectivity index (χ1) is 9.94. The molecule has 0 aromatic carbocycles. The fraction of sp³-hybridized carbons (Fsp3) is 0.706. The fourth-order valence-electron chi connectivity index (χ4n) is 5.01. The van der Waals surface area contributed by atoms with E-state index in [2.05, 4.69) is 36.3 Å². The average Bonchev–Trinajstić information content (AvgIpc) is 2.96. The van der Waals surface area contributed by atoms with Gasteiger partial charge < -0.3 is 5.32 Å². The molecule has 4 aliphatic rings. The Labute approximate surface area is 125 Å². The van der Waals surface area contributed by atoms with Crippen LogP contribution >= 0.6 is 0 Å². The number of rotatable bonds is 0. The maximum absolute atomic E-state index is 13.0. The van der Waals surface area contributed by atoms with Gasteiger partial charge in [0.05, 0.1) is 6.20 Å². The van der Waals surface area contributed by atoms with Crippen LogP contribution in [0.4, 0.5) is 0 Å². The van der Waals surface area contributed by atoms with Gasteiger partial charge in [0.1, 0.15) is 0 Å². The van der Waals surface area contributed by atoms with Gasteiger partial charge in [-0.1, -0.05) is 27.2 Å². The molecule has 2 aliphatic heterocycles. The molecule has 1 unspecified atom stereocenters. The molecular formula is C17H23N3O. The van der Waals surface area contributed by atoms with E-state index in [4.69, 9.17) is 0 Å². The van der Waals surface area contributed by atoms with Gasteiger partial charge in [0.25, 0.3) is 0 Å². The van der Waals surface area contributed by atoms with Gasteiger partial charge in [-0.25, -0.2) is 0 Å². The quantitative estimate of drug-likeness (QED) is 0.737. The van der Waals surface area contributed by atoms with Gasteiger partial charge in [0.2, 0.25) is 0 Å². The van der Waals surface area contributed by atoms with Gasteiger partial charge in [0, 0.05) is 28.7 Å². The van der Waals surface area contributed by atoms with E-state index in [1.807, 2.05) is 6.20 Å². The Bertz CT molecular complexity index is 614. The van der Waals surface area contributed by atoms with Crippen molar-refractivity contribution in [3.8, 4) is 0 Å². The van der Waals surface area contributed by atoms with Crippen LogP contribution in [-0.2, 0) is 4.79 Å². The van der Waals surface area contributed by atoms with E-state index in [-0.39, 0.29) is 17.0 Å². The van der Waals surface area contributed by atoms with Crippen molar-refractivity contribution in [2.24, 2.45) is 27.0 Å². The maximum Gasteiger partial charge on any atom is 0.164 e. The lowest BCUT2D eigenvalue weighted by molar-refractivity contribution is -0.119. The fourth-order valence-corrected chi connectivity index (χ4v) is 5.01. The molecule has 0 radical (unpaired) electrons. The van der Waals surface area contributed by atoms with E-state index in [9.17, 15) is 4.79 Å². The summed E-state index contributed by atoms with van der Waals surface area (Å²) in [5, 5.41) is 12.0. The number of azo groups is 1. The first kappa shape index (κ1) is 13.2. The normalized spacial score (nSPS) is 40.1. The second-order valence-electron chi connectivity index (χ2n) is 7.92. The molecule has 112 valence electrons. The van der Waals surface area contributed by atoms with Crippen LogP contribution in [0.3, 0.4) is 0 Å². The number of fused-ring (bicyclic) bond motifs is 3. The highest BCUT2D eigenvalue weighted by atomic mass is 16.1. The molecule has 2 aliphatic carbocycles. The number of nitrogens with zero attached hydrogens (tertiary/aromatic N) is 2. The van der Waals surface area contributed by atoms with Crippen LogP contribution in [0.15, 0.2) is 33.3 Å². The van der Waals surface area contributed by atoms with Crippen LogP contribution in [-0.4, -0.2) is 11.9 Å². The molecule has 1 spiro atoms. The Morgan fingerprint density at radius 2 is 2.14 bits per heavy atom. The number of hydrogen-bond acceptors (Lipinski definition) is 4. The molecule has 0 aromatic rings. The predicted molar refractivity (Wildman–Crippen MR) is 80.4 cm³/mol. The summed E-state index contributed by atoms with van der Waals surface area (Å²) in [5.74, 6) is 0.848. The van der Waals surface area contributed by atoms with E-state index in [1.54, 1.807) is 0 Å². The van der Waals surface area contributed by atoms with Crippen molar-refractivity contribution < 1.29 is 4.79 Å². The molecule has 4 nitrogen and oxygen atoms in total. The van der Waals surface area contributed by atoms with E-state index in [0.717, 1.165) is 24.1 Å². The van der Waals surface area contributed by atoms with E-state index >= 15 is 0 Å². The summed E-state index contributed by atoms with van der Waals surface area (Å²) in [6.45, 7) is 6.66. The molecule has 4 rings (SSSR count). The van der Waals surface area contributed by atoms with Crippen LogP contribution in [0.5, 0.6) is 0 Å². The van der Waals surface area contributed by atoms with Crippen molar-refractivity contribution in [3.05, 3.63) is 23.0 Å². The minimum Gasteiger partial charge on any atom is -0.362 e. The molecule has 2 heterocycles. The molecular weight excluding hydrogens is 262 g/mol. The van der Waals surface area contributed by atoms with Crippen LogP contribution in [0, 0.1) is 16.7 Å². The van der Waals surface area contributed by atoms with Crippen molar-refractivity contribution >= 4 is 5.78 Å². The molecule has 1 fully saturated rings. The Morgan fingerprint density at radius 1 is 1.33 bits per heavy atom. The summed E-state index contributed by atoms with van der Waals surface area (Å²) >= 11 is 0. The van der Waals surface area contributed by atoms with Gasteiger partial charge in [-0.2, -0.15) is 10.2 Å². The van der Waals surface area contributed by atoms with Gasteiger partial charge in [0.15, 0.2) is 11.9 Å². The monoisotopic (exact) mass is 285 g/mol. The van der Waals surface area contributed by atoms with Gasteiger partial charge >= 0.3 is 0 Å². The standard InChI is InChI=1S/C17H23N3O/c1-10-5-4-6-17(10)11-9-18-20-15(11)19-12-7-16(2,3)8-13(21)14(12)17/h9-10,15,19H,4-8H2,1-3H3/t10-,15?,17+/m1/s1. The zero-order valence-corrected chi connectivity index (χ0v) is 13.1. The molecule has 0 saturated heterocycles. The zero-order chi connectivity index (χ0) is 14.8. The molecule has 0 amide bonds. The Kier molecular flexibility index (Phi) is 2.55. The topological polar surface area (TPSA) is 53.8 Å². The summed E-state index contributed by atoms with van der Waals surface area (Å²) < 4.78 is 0. The SMILES string of the molecule is C[C@@H]1CCC[C@@]12C1=CN=NC1NC1=C2C(=O)CC(C)(C)C1. The number of carbonyl (C=O) groups is 1. The summed E-state index contributed by atoms with van der Waals surface area (Å²) in [6, 6.07) is 0. The largest absolute Gasteiger partial charge is 0.362 e. The second kappa shape index (κ2) is 4.05. The molecule has 0 aromatic heterocycles. The number of nitrogens with one attached hydrogen (secondary N) is 1. The lowest BCUT2D eigenvalue weighted by Gasteiger charge is -2.48. The Hall–Kier alpha value is -1.45. The Balaban J connectivity index is 1.92. The van der Waals surface area contributed by atoms with Gasteiger partial charge in [-0.05, 0) is 30.6 Å². The number of hydrogen-bond donors (Lipinski definition) is 1. The van der Waals surface area contributed by atoms with E-state index < -0.39 is 0 Å². The second-order valence-corrected chi connectivity index (χ2v) is 7.92. The van der Waals surface area contributed by atoms with Crippen LogP contribution in [0.1, 0.15) is 52.9 Å². The highest BCUT2D eigenvalue weighted by molar-refractivity contribution is 6.00. The van der Waals surface area contributed by atoms with Crippen LogP contribution < -0.4 is 5.32 Å². The molecule has 1 N–H and O–H groups in total. The smallest absolute Gasteiger partial charge is 0.164 e. The van der Waals surface area contributed by atoms with Crippen molar-refractivity contribution in [2.45, 2.75) is 59.0 Å². The number of carbonyl (C=O) groups excluding carboxylic acids is 1. The van der Waals surface area contributed by atoms with Crippen LogP contribution in [0.25, 0.3) is 0 Å². The zero-order valence-electron chi connectivity index (χ0n) is 13.1. The molecule has 3 atom stereocenters. The number of Topliss-reactive ketones (excluding diaryl/α,β-unsaturated/α-hetero) is 1. The van der Waals surface area contributed by atoms with Crippen molar-refractivity contribution in [1.29, 1.82) is 0 Å². The first-order valence-electron chi connectivity index (χ1n) is 8.08. The summed E-state index contributed by atoms with van der Waals surface area (Å²) in [4.78, 5) is 13.0. The van der Waals surface area contributed by atoms with E-state index in [1.165, 1.54) is 18.4 Å².